The molecule has 0 radical (unpaired) electrons. The quantitative estimate of drug-likeness (QED) is 0.492. The molecule has 0 aliphatic heterocycles. The molecule has 2 rings (SSSR count). The van der Waals surface area contributed by atoms with Crippen molar-refractivity contribution in [2.24, 2.45) is 17.8 Å². The molecule has 3 nitrogen and oxygen atoms in total. The number of hydrogen-bond acceptors (Lipinski definition) is 2. The molecule has 2 fully saturated rings. The Hall–Kier alpha value is 0.630. The predicted molar refractivity (Wildman–Crippen MR) is 57.5 cm³/mol. The van der Waals surface area contributed by atoms with Gasteiger partial charge in [0.2, 0.25) is 0 Å². The van der Waals surface area contributed by atoms with Crippen molar-refractivity contribution in [2.45, 2.75) is 36.9 Å². The number of fused-ring (bicyclic) bond motifs is 2. The maximum atomic E-state index is 13.6. The molecule has 0 heterocycles. The molecule has 2 aliphatic rings. The van der Waals surface area contributed by atoms with Crippen LogP contribution in [-0.2, 0) is 10.1 Å². The zero-order valence-corrected chi connectivity index (χ0v) is 9.56. The van der Waals surface area contributed by atoms with E-state index in [-0.39, 0.29) is 41.9 Å². The van der Waals surface area contributed by atoms with Crippen LogP contribution in [0, 0.1) is 17.8 Å². The van der Waals surface area contributed by atoms with Crippen LogP contribution in [0.25, 0.3) is 0 Å². The van der Waals surface area contributed by atoms with E-state index in [1.54, 1.807) is 0 Å². The molecule has 102 valence electrons. The SMILES string of the molecule is O=S(=O)(O)C(F)(F)C(F)(F)C1CC2CCC1C2.[NaH]. The van der Waals surface area contributed by atoms with E-state index in [1.807, 2.05) is 0 Å². The van der Waals surface area contributed by atoms with Crippen molar-refractivity contribution in [1.82, 2.24) is 0 Å². The summed E-state index contributed by atoms with van der Waals surface area (Å²) in [5, 5.41) is -5.41. The van der Waals surface area contributed by atoms with Gasteiger partial charge in [-0.15, -0.1) is 0 Å². The van der Waals surface area contributed by atoms with Gasteiger partial charge in [0.25, 0.3) is 0 Å². The van der Waals surface area contributed by atoms with Gasteiger partial charge in [-0.2, -0.15) is 26.0 Å². The first-order valence-corrected chi connectivity index (χ1v) is 6.74. The third-order valence-electron chi connectivity index (χ3n) is 3.92. The van der Waals surface area contributed by atoms with Crippen molar-refractivity contribution in [3.63, 3.8) is 0 Å². The summed E-state index contributed by atoms with van der Waals surface area (Å²) in [5.74, 6) is -6.95. The van der Waals surface area contributed by atoms with Crippen LogP contribution in [0.3, 0.4) is 0 Å². The second-order valence-corrected chi connectivity index (χ2v) is 6.36. The summed E-state index contributed by atoms with van der Waals surface area (Å²) in [6, 6.07) is 0. The summed E-state index contributed by atoms with van der Waals surface area (Å²) in [5.41, 5.74) is 0. The Kier molecular flexibility index (Phi) is 4.52. The zero-order chi connectivity index (χ0) is 13.1. The first-order chi connectivity index (χ1) is 7.57. The molecule has 1 N–H and O–H groups in total. The molecule has 0 aromatic heterocycles. The fraction of sp³-hybridized carbons (Fsp3) is 1.00. The van der Waals surface area contributed by atoms with Crippen molar-refractivity contribution >= 4 is 39.7 Å². The Morgan fingerprint density at radius 2 is 1.61 bits per heavy atom. The van der Waals surface area contributed by atoms with Gasteiger partial charge in [0, 0.05) is 5.92 Å². The molecule has 2 bridgehead atoms. The fourth-order valence-corrected chi connectivity index (χ4v) is 3.57. The van der Waals surface area contributed by atoms with Crippen molar-refractivity contribution in [3.05, 3.63) is 0 Å². The van der Waals surface area contributed by atoms with Gasteiger partial charge in [0.15, 0.2) is 0 Å². The minimum absolute atomic E-state index is 0. The van der Waals surface area contributed by atoms with Crippen molar-refractivity contribution in [2.75, 3.05) is 0 Å². The zero-order valence-electron chi connectivity index (χ0n) is 8.74. The average Bonchev–Trinajstić information content (AvgIpc) is 2.76. The van der Waals surface area contributed by atoms with Gasteiger partial charge in [-0.1, -0.05) is 6.42 Å². The van der Waals surface area contributed by atoms with Crippen LogP contribution in [0.4, 0.5) is 17.6 Å². The van der Waals surface area contributed by atoms with E-state index in [0.29, 0.717) is 12.8 Å². The Labute approximate surface area is 124 Å². The Morgan fingerprint density at radius 3 is 1.94 bits per heavy atom. The van der Waals surface area contributed by atoms with E-state index >= 15 is 0 Å². The van der Waals surface area contributed by atoms with Crippen LogP contribution in [-0.4, -0.2) is 53.7 Å². The average molecular weight is 300 g/mol. The van der Waals surface area contributed by atoms with Crippen LogP contribution in [0.15, 0.2) is 0 Å². The number of halogens is 4. The number of alkyl halides is 4. The summed E-state index contributed by atoms with van der Waals surface area (Å²) >= 11 is 0. The van der Waals surface area contributed by atoms with Crippen molar-refractivity contribution in [3.8, 4) is 0 Å². The summed E-state index contributed by atoms with van der Waals surface area (Å²) in [4.78, 5) is 0. The molecule has 9 heteroatoms. The normalized spacial score (nSPS) is 32.4. The molecule has 0 aromatic carbocycles. The van der Waals surface area contributed by atoms with Gasteiger partial charge < -0.3 is 0 Å². The van der Waals surface area contributed by atoms with Gasteiger partial charge in [-0.3, -0.25) is 4.55 Å². The fourth-order valence-electron chi connectivity index (χ4n) is 3.08. The van der Waals surface area contributed by atoms with E-state index in [9.17, 15) is 26.0 Å². The molecule has 2 aliphatic carbocycles. The number of hydrogen-bond donors (Lipinski definition) is 1. The van der Waals surface area contributed by atoms with Crippen molar-refractivity contribution in [1.29, 1.82) is 0 Å². The second kappa shape index (κ2) is 4.87. The van der Waals surface area contributed by atoms with E-state index in [4.69, 9.17) is 4.55 Å². The summed E-state index contributed by atoms with van der Waals surface area (Å²) < 4.78 is 82.4. The Balaban J connectivity index is 0.00000162. The van der Waals surface area contributed by atoms with Crippen LogP contribution in [0.5, 0.6) is 0 Å². The van der Waals surface area contributed by atoms with E-state index < -0.39 is 33.1 Å². The minimum atomic E-state index is -6.10. The van der Waals surface area contributed by atoms with E-state index in [2.05, 4.69) is 0 Å². The first kappa shape index (κ1) is 16.7. The number of rotatable bonds is 3. The van der Waals surface area contributed by atoms with Gasteiger partial charge >= 0.3 is 50.9 Å². The molecule has 3 atom stereocenters. The van der Waals surface area contributed by atoms with Crippen LogP contribution < -0.4 is 0 Å². The predicted octanol–water partition coefficient (Wildman–Crippen LogP) is 1.89. The standard InChI is InChI=1S/C9H12F4O3S.Na.H/c10-8(11,9(12,13)17(14,15)16)7-4-5-1-2-6(7)3-5;;/h5-7H,1-4H2,(H,14,15,16);;. The van der Waals surface area contributed by atoms with Crippen LogP contribution in [0.1, 0.15) is 25.7 Å². The molecule has 0 spiro atoms. The van der Waals surface area contributed by atoms with Gasteiger partial charge in [-0.25, -0.2) is 0 Å². The van der Waals surface area contributed by atoms with E-state index in [1.165, 1.54) is 0 Å². The van der Waals surface area contributed by atoms with Crippen LogP contribution >= 0.6 is 0 Å². The summed E-state index contributed by atoms with van der Waals surface area (Å²) in [6.07, 6.45) is 1.51. The molecule has 0 saturated heterocycles. The van der Waals surface area contributed by atoms with Crippen molar-refractivity contribution < 1.29 is 30.5 Å². The third kappa shape index (κ3) is 2.34. The summed E-state index contributed by atoms with van der Waals surface area (Å²) in [7, 11) is -6.10. The topological polar surface area (TPSA) is 54.4 Å². The molecular weight excluding hydrogens is 287 g/mol. The maximum absolute atomic E-state index is 13.6. The molecule has 18 heavy (non-hydrogen) atoms. The molecule has 0 aromatic rings. The van der Waals surface area contributed by atoms with E-state index in [0.717, 1.165) is 6.42 Å². The Bertz CT molecular complexity index is 426. The monoisotopic (exact) mass is 300 g/mol. The molecule has 2 saturated carbocycles. The van der Waals surface area contributed by atoms with Gasteiger partial charge in [-0.05, 0) is 31.1 Å². The van der Waals surface area contributed by atoms with Crippen LogP contribution in [0.2, 0.25) is 0 Å². The molecule has 0 amide bonds. The molecular formula is C9H13F4NaO3S. The van der Waals surface area contributed by atoms with Gasteiger partial charge in [0.1, 0.15) is 0 Å². The summed E-state index contributed by atoms with van der Waals surface area (Å²) in [6.45, 7) is 0. The Morgan fingerprint density at radius 1 is 1.06 bits per heavy atom. The van der Waals surface area contributed by atoms with Gasteiger partial charge in [0.05, 0.1) is 0 Å². The second-order valence-electron chi connectivity index (χ2n) is 4.90. The molecule has 3 unspecified atom stereocenters. The third-order valence-corrected chi connectivity index (χ3v) is 4.84. The first-order valence-electron chi connectivity index (χ1n) is 5.30.